The van der Waals surface area contributed by atoms with E-state index < -0.39 is 5.78 Å². The lowest BCUT2D eigenvalue weighted by Gasteiger charge is -2.58. The summed E-state index contributed by atoms with van der Waals surface area (Å²) in [5.74, 6) is 0.189. The summed E-state index contributed by atoms with van der Waals surface area (Å²) in [5.41, 5.74) is 2.07. The van der Waals surface area contributed by atoms with Crippen molar-refractivity contribution in [2.45, 2.75) is 73.6 Å². The maximum Gasteiger partial charge on any atom is 0.222 e. The minimum absolute atomic E-state index is 0.131. The van der Waals surface area contributed by atoms with Crippen LogP contribution in [0.3, 0.4) is 0 Å². The molecule has 0 saturated heterocycles. The molecule has 3 aliphatic rings. The summed E-state index contributed by atoms with van der Waals surface area (Å²) in [6.45, 7) is 13.9. The third-order valence-electron chi connectivity index (χ3n) is 8.17. The van der Waals surface area contributed by atoms with Crippen molar-refractivity contribution in [3.8, 4) is 0 Å². The van der Waals surface area contributed by atoms with Gasteiger partial charge in [0.05, 0.1) is 5.70 Å². The molecule has 0 aromatic rings. The van der Waals surface area contributed by atoms with Crippen LogP contribution in [0.4, 0.5) is 0 Å². The Morgan fingerprint density at radius 3 is 2.59 bits per heavy atom. The van der Waals surface area contributed by atoms with E-state index >= 15 is 0 Å². The van der Waals surface area contributed by atoms with Crippen LogP contribution >= 0.6 is 0 Å². The van der Waals surface area contributed by atoms with Gasteiger partial charge in [0.25, 0.3) is 0 Å². The van der Waals surface area contributed by atoms with E-state index in [1.54, 1.807) is 0 Å². The van der Waals surface area contributed by atoms with Crippen LogP contribution in [0.2, 0.25) is 0 Å². The molecule has 2 N–H and O–H groups in total. The fraction of sp³-hybridized carbons (Fsp3) is 0.680. The van der Waals surface area contributed by atoms with Crippen LogP contribution < -0.4 is 5.32 Å². The van der Waals surface area contributed by atoms with Crippen molar-refractivity contribution in [2.24, 2.45) is 28.6 Å². The summed E-state index contributed by atoms with van der Waals surface area (Å²) >= 11 is 0. The van der Waals surface area contributed by atoms with E-state index in [4.69, 9.17) is 0 Å². The van der Waals surface area contributed by atoms with Crippen molar-refractivity contribution >= 4 is 11.6 Å². The maximum absolute atomic E-state index is 13.2. The third kappa shape index (κ3) is 3.71. The summed E-state index contributed by atoms with van der Waals surface area (Å²) < 4.78 is 0. The van der Waals surface area contributed by atoms with Gasteiger partial charge in [-0.1, -0.05) is 46.3 Å². The Balaban J connectivity index is 1.94. The third-order valence-corrected chi connectivity index (χ3v) is 8.17. The number of hydrogen-bond acceptors (Lipinski definition) is 4. The van der Waals surface area contributed by atoms with Crippen LogP contribution in [0.15, 0.2) is 34.8 Å². The highest BCUT2D eigenvalue weighted by molar-refractivity contribution is 6.21. The molecule has 4 atom stereocenters. The molecule has 4 nitrogen and oxygen atoms in total. The number of carbonyl (C=O) groups is 2. The number of hydrogen-bond donors (Lipinski definition) is 2. The standard InChI is InChI=1S/C25H37NO3/c1-15(2)14-26-19-12-20(27)23(29)18(22(19)28)13-25(6)17(4)10-11-24(5)16(3)8-7-9-21(24)25/h8,12,15,17,21,26,29H,7,9-11,13-14H2,1-6H3/t17-,21+,24+,25+/m0/s1. The van der Waals surface area contributed by atoms with Crippen molar-refractivity contribution in [3.63, 3.8) is 0 Å². The average molecular weight is 400 g/mol. The van der Waals surface area contributed by atoms with E-state index in [-0.39, 0.29) is 22.4 Å². The van der Waals surface area contributed by atoms with Crippen LogP contribution in [-0.2, 0) is 9.59 Å². The Labute approximate surface area is 175 Å². The molecule has 160 valence electrons. The van der Waals surface area contributed by atoms with Crippen molar-refractivity contribution in [1.82, 2.24) is 5.32 Å². The smallest absolute Gasteiger partial charge is 0.222 e. The van der Waals surface area contributed by atoms with Gasteiger partial charge in [0.15, 0.2) is 5.76 Å². The Kier molecular flexibility index (Phi) is 5.86. The van der Waals surface area contributed by atoms with Crippen LogP contribution in [-0.4, -0.2) is 23.2 Å². The zero-order valence-electron chi connectivity index (χ0n) is 18.9. The molecule has 0 amide bonds. The van der Waals surface area contributed by atoms with E-state index in [2.05, 4.69) is 52.9 Å². The van der Waals surface area contributed by atoms with Crippen LogP contribution in [0.25, 0.3) is 0 Å². The van der Waals surface area contributed by atoms with Crippen LogP contribution in [0.5, 0.6) is 0 Å². The van der Waals surface area contributed by atoms with Gasteiger partial charge in [-0.2, -0.15) is 0 Å². The minimum atomic E-state index is -0.458. The zero-order chi connectivity index (χ0) is 21.6. The lowest BCUT2D eigenvalue weighted by Crippen LogP contribution is -2.50. The normalized spacial score (nSPS) is 35.4. The lowest BCUT2D eigenvalue weighted by atomic mass is 9.46. The van der Waals surface area contributed by atoms with Gasteiger partial charge in [0, 0.05) is 18.2 Å². The highest BCUT2D eigenvalue weighted by Crippen LogP contribution is 2.62. The average Bonchev–Trinajstić information content (AvgIpc) is 2.66. The molecule has 0 aliphatic heterocycles. The summed E-state index contributed by atoms with van der Waals surface area (Å²) in [6.07, 6.45) is 8.50. The number of fused-ring (bicyclic) bond motifs is 1. The zero-order valence-corrected chi connectivity index (χ0v) is 18.9. The predicted octanol–water partition coefficient (Wildman–Crippen LogP) is 5.27. The molecule has 3 aliphatic carbocycles. The second kappa shape index (κ2) is 7.77. The fourth-order valence-electron chi connectivity index (χ4n) is 5.88. The Morgan fingerprint density at radius 2 is 1.93 bits per heavy atom. The Hall–Kier alpha value is -1.84. The first-order valence-electron chi connectivity index (χ1n) is 11.1. The fourth-order valence-corrected chi connectivity index (χ4v) is 5.88. The second-order valence-corrected chi connectivity index (χ2v) is 10.4. The van der Waals surface area contributed by atoms with Gasteiger partial charge >= 0.3 is 0 Å². The molecular formula is C25H37NO3. The molecule has 0 radical (unpaired) electrons. The number of nitrogens with one attached hydrogen (secondary N) is 1. The van der Waals surface area contributed by atoms with Gasteiger partial charge in [0.1, 0.15) is 0 Å². The van der Waals surface area contributed by atoms with Gasteiger partial charge in [-0.25, -0.2) is 0 Å². The monoisotopic (exact) mass is 399 g/mol. The molecule has 1 saturated carbocycles. The highest BCUT2D eigenvalue weighted by Gasteiger charge is 2.54. The van der Waals surface area contributed by atoms with Crippen molar-refractivity contribution in [2.75, 3.05) is 6.54 Å². The number of ketones is 2. The first kappa shape index (κ1) is 21.9. The lowest BCUT2D eigenvalue weighted by molar-refractivity contribution is -0.118. The number of carbonyl (C=O) groups excluding carboxylic acids is 2. The molecule has 0 aromatic heterocycles. The van der Waals surface area contributed by atoms with Crippen molar-refractivity contribution in [1.29, 1.82) is 0 Å². The molecule has 3 rings (SSSR count). The number of rotatable bonds is 5. The minimum Gasteiger partial charge on any atom is -0.504 e. The predicted molar refractivity (Wildman–Crippen MR) is 116 cm³/mol. The van der Waals surface area contributed by atoms with Gasteiger partial charge in [-0.05, 0) is 67.6 Å². The number of aliphatic hydroxyl groups excluding tert-OH is 1. The SMILES string of the molecule is CC1=CCC[C@H]2[C@](C)(CC3=C(O)C(=O)C=C(NCC(C)C)C3=O)[C@@H](C)CC[C@]12C. The first-order chi connectivity index (χ1) is 13.5. The van der Waals surface area contributed by atoms with Crippen molar-refractivity contribution < 1.29 is 14.7 Å². The first-order valence-corrected chi connectivity index (χ1v) is 11.1. The van der Waals surface area contributed by atoms with Gasteiger partial charge in [0.2, 0.25) is 11.6 Å². The van der Waals surface area contributed by atoms with Crippen LogP contribution in [0.1, 0.15) is 73.6 Å². The van der Waals surface area contributed by atoms with E-state index in [0.29, 0.717) is 42.0 Å². The van der Waals surface area contributed by atoms with E-state index in [9.17, 15) is 14.7 Å². The molecule has 1 fully saturated rings. The summed E-state index contributed by atoms with van der Waals surface area (Å²) in [5, 5.41) is 13.7. The Bertz CT molecular complexity index is 803. The molecule has 0 spiro atoms. The molecule has 4 heteroatoms. The molecular weight excluding hydrogens is 362 g/mol. The van der Waals surface area contributed by atoms with Crippen LogP contribution in [0, 0.1) is 28.6 Å². The molecule has 0 heterocycles. The Morgan fingerprint density at radius 1 is 1.24 bits per heavy atom. The van der Waals surface area contributed by atoms with E-state index in [0.717, 1.165) is 25.7 Å². The summed E-state index contributed by atoms with van der Waals surface area (Å²) in [4.78, 5) is 25.7. The number of allylic oxidation sites excluding steroid dienone is 4. The number of aliphatic hydroxyl groups is 1. The van der Waals surface area contributed by atoms with Gasteiger partial charge in [-0.3, -0.25) is 9.59 Å². The second-order valence-electron chi connectivity index (χ2n) is 10.4. The largest absolute Gasteiger partial charge is 0.504 e. The number of Topliss-reactive ketones (excluding diaryl/α,β-unsaturated/α-hetero) is 1. The topological polar surface area (TPSA) is 66.4 Å². The highest BCUT2D eigenvalue weighted by atomic mass is 16.3. The quantitative estimate of drug-likeness (QED) is 0.488. The molecule has 0 aromatic carbocycles. The van der Waals surface area contributed by atoms with Gasteiger partial charge in [-0.15, -0.1) is 0 Å². The van der Waals surface area contributed by atoms with E-state index in [1.807, 2.05) is 0 Å². The van der Waals surface area contributed by atoms with Crippen molar-refractivity contribution in [3.05, 3.63) is 34.8 Å². The summed E-state index contributed by atoms with van der Waals surface area (Å²) in [7, 11) is 0. The maximum atomic E-state index is 13.2. The summed E-state index contributed by atoms with van der Waals surface area (Å²) in [6, 6.07) is 0. The molecule has 0 unspecified atom stereocenters. The van der Waals surface area contributed by atoms with E-state index in [1.165, 1.54) is 11.6 Å². The van der Waals surface area contributed by atoms with Gasteiger partial charge < -0.3 is 10.4 Å². The molecule has 29 heavy (non-hydrogen) atoms. The molecule has 0 bridgehead atoms.